The zero-order valence-electron chi connectivity index (χ0n) is 16.3. The summed E-state index contributed by atoms with van der Waals surface area (Å²) in [6, 6.07) is 0. The average molecular weight is 441 g/mol. The van der Waals surface area contributed by atoms with E-state index < -0.39 is 0 Å². The number of hydrogen-bond donors (Lipinski definition) is 1. The first kappa shape index (κ1) is 25.9. The van der Waals surface area contributed by atoms with Crippen molar-refractivity contribution in [2.45, 2.75) is 97.8 Å². The molecule has 0 aromatic carbocycles. The van der Waals surface area contributed by atoms with Crippen molar-refractivity contribution in [2.75, 3.05) is 32.8 Å². The molecular weight excluding hydrogens is 397 g/mol. The molecule has 0 aromatic rings. The molecule has 0 radical (unpaired) electrons. The van der Waals surface area contributed by atoms with Crippen LogP contribution in [0.1, 0.15) is 97.8 Å². The second-order valence-electron chi connectivity index (χ2n) is 7.14. The van der Waals surface area contributed by atoms with Gasteiger partial charge in [-0.3, -0.25) is 0 Å². The van der Waals surface area contributed by atoms with Crippen molar-refractivity contribution in [3.63, 3.8) is 0 Å². The fourth-order valence-corrected chi connectivity index (χ4v) is 3.47. The van der Waals surface area contributed by atoms with Crippen molar-refractivity contribution in [1.29, 1.82) is 0 Å². The molecule has 0 bridgehead atoms. The van der Waals surface area contributed by atoms with Crippen LogP contribution >= 0.6 is 0 Å². The van der Waals surface area contributed by atoms with Gasteiger partial charge in [-0.2, -0.15) is 0 Å². The van der Waals surface area contributed by atoms with Gasteiger partial charge in [0.05, 0.1) is 26.2 Å². The van der Waals surface area contributed by atoms with Gasteiger partial charge in [0, 0.05) is 6.61 Å². The zero-order chi connectivity index (χ0) is 16.5. The van der Waals surface area contributed by atoms with Crippen LogP contribution in [0, 0.1) is 0 Å². The first-order chi connectivity index (χ1) is 10.7. The maximum Gasteiger partial charge on any atom is 0.0787 e. The van der Waals surface area contributed by atoms with E-state index in [1.54, 1.807) is 0 Å². The Morgan fingerprint density at radius 3 is 1.30 bits per heavy atom. The van der Waals surface area contributed by atoms with Crippen LogP contribution in [0.2, 0.25) is 0 Å². The van der Waals surface area contributed by atoms with Gasteiger partial charge in [-0.1, -0.05) is 52.9 Å². The van der Waals surface area contributed by atoms with E-state index in [1.807, 2.05) is 0 Å². The Morgan fingerprint density at radius 2 is 0.913 bits per heavy atom. The van der Waals surface area contributed by atoms with Gasteiger partial charge < -0.3 is 33.6 Å². The number of rotatable bonds is 17. The summed E-state index contributed by atoms with van der Waals surface area (Å²) in [6.45, 7) is 12.7. The number of nitrogens with zero attached hydrogens (tertiary/aromatic N) is 1. The lowest BCUT2D eigenvalue weighted by molar-refractivity contribution is -0.929. The van der Waals surface area contributed by atoms with E-state index >= 15 is 0 Å². The summed E-state index contributed by atoms with van der Waals surface area (Å²) in [5, 5.41) is 9.12. The highest BCUT2D eigenvalue weighted by Crippen LogP contribution is 2.18. The smallest absolute Gasteiger partial charge is 0.0787 e. The molecule has 0 aliphatic heterocycles. The first-order valence-corrected chi connectivity index (χ1v) is 10.2. The highest BCUT2D eigenvalue weighted by Gasteiger charge is 2.25. The van der Waals surface area contributed by atoms with Gasteiger partial charge in [-0.15, -0.1) is 0 Å². The number of quaternary nitrogens is 1. The molecule has 0 fully saturated rings. The fourth-order valence-electron chi connectivity index (χ4n) is 3.47. The van der Waals surface area contributed by atoms with E-state index in [2.05, 4.69) is 20.8 Å². The largest absolute Gasteiger partial charge is 1.00 e. The number of aliphatic hydroxyl groups excluding tert-OH is 1. The molecule has 23 heavy (non-hydrogen) atoms. The lowest BCUT2D eigenvalue weighted by Crippen LogP contribution is -3.00. The van der Waals surface area contributed by atoms with Crippen LogP contribution in [0.15, 0.2) is 0 Å². The molecule has 0 aromatic heterocycles. The third-order valence-corrected chi connectivity index (χ3v) is 5.00. The van der Waals surface area contributed by atoms with E-state index in [9.17, 15) is 0 Å². The molecule has 0 rings (SSSR count). The molecule has 0 heterocycles. The van der Waals surface area contributed by atoms with Gasteiger partial charge in [0.25, 0.3) is 0 Å². The van der Waals surface area contributed by atoms with E-state index in [0.717, 1.165) is 6.42 Å². The Labute approximate surface area is 164 Å². The monoisotopic (exact) mass is 441 g/mol. The molecule has 0 aliphatic rings. The number of aliphatic hydroxyl groups is 1. The third-order valence-electron chi connectivity index (χ3n) is 5.00. The van der Waals surface area contributed by atoms with Crippen molar-refractivity contribution in [1.82, 2.24) is 0 Å². The number of hydrogen-bond acceptors (Lipinski definition) is 1. The molecule has 142 valence electrons. The standard InChI is InChI=1S/C20H44NO.HI/c1-4-7-10-12-17-21(16-9-6-3,19-14-15-20-22)18-13-11-8-5-2;/h22H,4-20H2,1-3H3;1H/q+1;/p-1. The number of unbranched alkanes of at least 4 members (excludes halogenated alkanes) is 8. The summed E-state index contributed by atoms with van der Waals surface area (Å²) in [6.07, 6.45) is 15.9. The highest BCUT2D eigenvalue weighted by molar-refractivity contribution is 4.52. The topological polar surface area (TPSA) is 20.2 Å². The van der Waals surface area contributed by atoms with Gasteiger partial charge in [-0.05, 0) is 44.9 Å². The molecule has 0 aliphatic carbocycles. The predicted molar refractivity (Wildman–Crippen MR) is 99.2 cm³/mol. The van der Waals surface area contributed by atoms with Gasteiger partial charge in [0.2, 0.25) is 0 Å². The lowest BCUT2D eigenvalue weighted by atomic mass is 10.1. The van der Waals surface area contributed by atoms with Crippen LogP contribution in [0.4, 0.5) is 0 Å². The number of halogens is 1. The second-order valence-corrected chi connectivity index (χ2v) is 7.14. The maximum atomic E-state index is 9.12. The highest BCUT2D eigenvalue weighted by atomic mass is 127. The quantitative estimate of drug-likeness (QED) is 0.209. The molecule has 3 heteroatoms. The average Bonchev–Trinajstić information content (AvgIpc) is 2.54. The Bertz CT molecular complexity index is 212. The minimum atomic E-state index is 0. The Morgan fingerprint density at radius 1 is 0.522 bits per heavy atom. The molecule has 2 nitrogen and oxygen atoms in total. The van der Waals surface area contributed by atoms with Crippen LogP contribution in [0.5, 0.6) is 0 Å². The molecule has 1 N–H and O–H groups in total. The van der Waals surface area contributed by atoms with Crippen LogP contribution in [-0.2, 0) is 0 Å². The molecule has 0 atom stereocenters. The van der Waals surface area contributed by atoms with Gasteiger partial charge >= 0.3 is 0 Å². The summed E-state index contributed by atoms with van der Waals surface area (Å²) in [5.74, 6) is 0. The van der Waals surface area contributed by atoms with Crippen molar-refractivity contribution >= 4 is 0 Å². The summed E-state index contributed by atoms with van der Waals surface area (Å²) in [4.78, 5) is 0. The molecule has 0 spiro atoms. The predicted octanol–water partition coefficient (Wildman–Crippen LogP) is 2.54. The fraction of sp³-hybridized carbons (Fsp3) is 1.00. The molecule has 0 saturated carbocycles. The van der Waals surface area contributed by atoms with E-state index in [1.165, 1.54) is 101 Å². The summed E-state index contributed by atoms with van der Waals surface area (Å²) < 4.78 is 1.33. The lowest BCUT2D eigenvalue weighted by Gasteiger charge is -2.39. The van der Waals surface area contributed by atoms with Crippen LogP contribution in [0.25, 0.3) is 0 Å². The van der Waals surface area contributed by atoms with Crippen LogP contribution < -0.4 is 24.0 Å². The van der Waals surface area contributed by atoms with Crippen LogP contribution in [0.3, 0.4) is 0 Å². The Hall–Kier alpha value is 0.650. The minimum absolute atomic E-state index is 0. The van der Waals surface area contributed by atoms with E-state index in [0.29, 0.717) is 6.61 Å². The summed E-state index contributed by atoms with van der Waals surface area (Å²) >= 11 is 0. The minimum Gasteiger partial charge on any atom is -1.00 e. The summed E-state index contributed by atoms with van der Waals surface area (Å²) in [5.41, 5.74) is 0. The van der Waals surface area contributed by atoms with E-state index in [-0.39, 0.29) is 24.0 Å². The third kappa shape index (κ3) is 14.7. The van der Waals surface area contributed by atoms with E-state index in [4.69, 9.17) is 5.11 Å². The van der Waals surface area contributed by atoms with Gasteiger partial charge in [-0.25, -0.2) is 0 Å². The second kappa shape index (κ2) is 19.0. The van der Waals surface area contributed by atoms with Crippen molar-refractivity contribution in [2.24, 2.45) is 0 Å². The van der Waals surface area contributed by atoms with Gasteiger partial charge in [0.1, 0.15) is 0 Å². The normalized spacial score (nSPS) is 11.5. The van der Waals surface area contributed by atoms with Crippen molar-refractivity contribution < 1.29 is 33.6 Å². The Balaban J connectivity index is 0. The maximum absolute atomic E-state index is 9.12. The Kier molecular flexibility index (Phi) is 21.4. The molecule has 0 saturated heterocycles. The molecule has 0 amide bonds. The SMILES string of the molecule is CCCCCC[N+](CCCC)(CCCCO)CCCCCC.[I-]. The molecular formula is C20H44INO. The van der Waals surface area contributed by atoms with Crippen LogP contribution in [-0.4, -0.2) is 42.4 Å². The summed E-state index contributed by atoms with van der Waals surface area (Å²) in [7, 11) is 0. The zero-order valence-corrected chi connectivity index (χ0v) is 18.5. The van der Waals surface area contributed by atoms with Crippen molar-refractivity contribution in [3.05, 3.63) is 0 Å². The van der Waals surface area contributed by atoms with Crippen molar-refractivity contribution in [3.8, 4) is 0 Å². The first-order valence-electron chi connectivity index (χ1n) is 10.2. The molecule has 0 unspecified atom stereocenters. The van der Waals surface area contributed by atoms with Gasteiger partial charge in [0.15, 0.2) is 0 Å².